The van der Waals surface area contributed by atoms with Gasteiger partial charge in [-0.05, 0) is 48.4 Å². The van der Waals surface area contributed by atoms with E-state index in [0.29, 0.717) is 6.04 Å². The Labute approximate surface area is 99.7 Å². The van der Waals surface area contributed by atoms with Gasteiger partial charge in [0, 0.05) is 12.2 Å². The van der Waals surface area contributed by atoms with Gasteiger partial charge >= 0.3 is 0 Å². The van der Waals surface area contributed by atoms with Crippen LogP contribution in [-0.2, 0) is 0 Å². The molecular formula is C13H16N2S. The van der Waals surface area contributed by atoms with Crippen LogP contribution < -0.4 is 5.32 Å². The van der Waals surface area contributed by atoms with Crippen molar-refractivity contribution in [3.63, 3.8) is 0 Å². The van der Waals surface area contributed by atoms with Gasteiger partial charge in [0.1, 0.15) is 0 Å². The van der Waals surface area contributed by atoms with E-state index in [4.69, 9.17) is 0 Å². The quantitative estimate of drug-likeness (QED) is 0.874. The number of aromatic nitrogens is 1. The minimum atomic E-state index is 0.518. The van der Waals surface area contributed by atoms with E-state index in [1.165, 1.54) is 23.1 Å². The molecular weight excluding hydrogens is 216 g/mol. The lowest BCUT2D eigenvalue weighted by atomic mass is 10.0. The van der Waals surface area contributed by atoms with Crippen molar-refractivity contribution in [1.29, 1.82) is 0 Å². The topological polar surface area (TPSA) is 24.9 Å². The summed E-state index contributed by atoms with van der Waals surface area (Å²) < 4.78 is 1.31. The van der Waals surface area contributed by atoms with Crippen LogP contribution in [0.3, 0.4) is 0 Å². The minimum absolute atomic E-state index is 0.518. The van der Waals surface area contributed by atoms with E-state index in [1.807, 2.05) is 6.20 Å². The van der Waals surface area contributed by atoms with Crippen LogP contribution in [0.5, 0.6) is 0 Å². The molecule has 0 saturated heterocycles. The second-order valence-electron chi connectivity index (χ2n) is 4.45. The van der Waals surface area contributed by atoms with Gasteiger partial charge in [0.15, 0.2) is 0 Å². The standard InChI is InChI=1S/C13H16N2S/c1-2-14-13(9-3-4-9)10-7-12-11(15-8-10)5-6-16-12/h5-9,13-14H,2-4H2,1H3. The summed E-state index contributed by atoms with van der Waals surface area (Å²) in [5, 5.41) is 5.69. The number of rotatable bonds is 4. The van der Waals surface area contributed by atoms with Gasteiger partial charge in [-0.1, -0.05) is 6.92 Å². The number of thiophene rings is 1. The molecule has 2 nitrogen and oxygen atoms in total. The van der Waals surface area contributed by atoms with Gasteiger partial charge in [-0.15, -0.1) is 11.3 Å². The van der Waals surface area contributed by atoms with Crippen LogP contribution in [-0.4, -0.2) is 11.5 Å². The van der Waals surface area contributed by atoms with Crippen LogP contribution >= 0.6 is 11.3 Å². The molecule has 1 atom stereocenters. The summed E-state index contributed by atoms with van der Waals surface area (Å²) in [7, 11) is 0. The predicted octanol–water partition coefficient (Wildman–Crippen LogP) is 3.36. The van der Waals surface area contributed by atoms with Crippen molar-refractivity contribution in [2.75, 3.05) is 6.54 Å². The average Bonchev–Trinajstić information content (AvgIpc) is 3.03. The summed E-state index contributed by atoms with van der Waals surface area (Å²) in [6, 6.07) is 4.91. The van der Waals surface area contributed by atoms with Gasteiger partial charge in [0.05, 0.1) is 10.2 Å². The summed E-state index contributed by atoms with van der Waals surface area (Å²) in [6.07, 6.45) is 4.76. The number of hydrogen-bond donors (Lipinski definition) is 1. The molecule has 84 valence electrons. The summed E-state index contributed by atoms with van der Waals surface area (Å²) >= 11 is 1.78. The first-order valence-electron chi connectivity index (χ1n) is 5.95. The normalized spacial score (nSPS) is 17.8. The van der Waals surface area contributed by atoms with Crippen molar-refractivity contribution in [1.82, 2.24) is 10.3 Å². The molecule has 0 bridgehead atoms. The van der Waals surface area contributed by atoms with Crippen LogP contribution in [0.15, 0.2) is 23.7 Å². The fourth-order valence-electron chi connectivity index (χ4n) is 2.24. The van der Waals surface area contributed by atoms with Crippen molar-refractivity contribution in [2.45, 2.75) is 25.8 Å². The first-order chi connectivity index (χ1) is 7.88. The molecule has 16 heavy (non-hydrogen) atoms. The Balaban J connectivity index is 1.95. The van der Waals surface area contributed by atoms with E-state index < -0.39 is 0 Å². The Kier molecular flexibility index (Phi) is 2.65. The highest BCUT2D eigenvalue weighted by atomic mass is 32.1. The average molecular weight is 232 g/mol. The maximum Gasteiger partial charge on any atom is 0.0809 e. The molecule has 1 unspecified atom stereocenters. The number of fused-ring (bicyclic) bond motifs is 1. The van der Waals surface area contributed by atoms with Crippen molar-refractivity contribution in [3.05, 3.63) is 29.3 Å². The third-order valence-corrected chi connectivity index (χ3v) is 4.05. The Morgan fingerprint density at radius 3 is 3.19 bits per heavy atom. The van der Waals surface area contributed by atoms with Gasteiger partial charge in [-0.2, -0.15) is 0 Å². The molecule has 2 aromatic heterocycles. The zero-order chi connectivity index (χ0) is 11.0. The number of nitrogens with zero attached hydrogens (tertiary/aromatic N) is 1. The third-order valence-electron chi connectivity index (χ3n) is 3.20. The first-order valence-corrected chi connectivity index (χ1v) is 6.83. The molecule has 0 amide bonds. The molecule has 1 aliphatic rings. The largest absolute Gasteiger partial charge is 0.310 e. The maximum absolute atomic E-state index is 4.52. The molecule has 1 aliphatic carbocycles. The number of pyridine rings is 1. The van der Waals surface area contributed by atoms with E-state index in [1.54, 1.807) is 11.3 Å². The predicted molar refractivity (Wildman–Crippen MR) is 68.8 cm³/mol. The van der Waals surface area contributed by atoms with Crippen molar-refractivity contribution >= 4 is 21.6 Å². The van der Waals surface area contributed by atoms with Crippen molar-refractivity contribution < 1.29 is 0 Å². The summed E-state index contributed by atoms with van der Waals surface area (Å²) in [4.78, 5) is 4.52. The lowest BCUT2D eigenvalue weighted by Crippen LogP contribution is -2.22. The van der Waals surface area contributed by atoms with E-state index in [0.717, 1.165) is 18.0 Å². The fraction of sp³-hybridized carbons (Fsp3) is 0.462. The van der Waals surface area contributed by atoms with Crippen molar-refractivity contribution in [2.24, 2.45) is 5.92 Å². The lowest BCUT2D eigenvalue weighted by Gasteiger charge is -2.17. The van der Waals surface area contributed by atoms with E-state index in [9.17, 15) is 0 Å². The lowest BCUT2D eigenvalue weighted by molar-refractivity contribution is 0.495. The van der Waals surface area contributed by atoms with Gasteiger partial charge in [0.25, 0.3) is 0 Å². The smallest absolute Gasteiger partial charge is 0.0809 e. The van der Waals surface area contributed by atoms with E-state index in [2.05, 4.69) is 34.7 Å². The van der Waals surface area contributed by atoms with Crippen LogP contribution in [0, 0.1) is 5.92 Å². The molecule has 0 radical (unpaired) electrons. The van der Waals surface area contributed by atoms with Gasteiger partial charge in [0.2, 0.25) is 0 Å². The Morgan fingerprint density at radius 2 is 2.44 bits per heavy atom. The van der Waals surface area contributed by atoms with Crippen molar-refractivity contribution in [3.8, 4) is 0 Å². The molecule has 3 rings (SSSR count). The van der Waals surface area contributed by atoms with Crippen LogP contribution in [0.4, 0.5) is 0 Å². The molecule has 0 spiro atoms. The monoisotopic (exact) mass is 232 g/mol. The van der Waals surface area contributed by atoms with Crippen LogP contribution in [0.2, 0.25) is 0 Å². The highest BCUT2D eigenvalue weighted by Crippen LogP contribution is 2.41. The Hall–Kier alpha value is -0.930. The molecule has 3 heteroatoms. The summed E-state index contributed by atoms with van der Waals surface area (Å²) in [5.74, 6) is 0.833. The van der Waals surface area contributed by atoms with Gasteiger partial charge in [-0.25, -0.2) is 0 Å². The fourth-order valence-corrected chi connectivity index (χ4v) is 3.03. The van der Waals surface area contributed by atoms with Gasteiger partial charge < -0.3 is 5.32 Å². The van der Waals surface area contributed by atoms with Crippen LogP contribution in [0.1, 0.15) is 31.4 Å². The SMILES string of the molecule is CCNC(c1cnc2ccsc2c1)C1CC1. The highest BCUT2D eigenvalue weighted by Gasteiger charge is 2.31. The summed E-state index contributed by atoms with van der Waals surface area (Å²) in [5.41, 5.74) is 2.49. The third kappa shape index (κ3) is 1.85. The minimum Gasteiger partial charge on any atom is -0.310 e. The van der Waals surface area contributed by atoms with E-state index in [-0.39, 0.29) is 0 Å². The van der Waals surface area contributed by atoms with E-state index >= 15 is 0 Å². The number of nitrogens with one attached hydrogen (secondary N) is 1. The zero-order valence-electron chi connectivity index (χ0n) is 9.44. The Bertz CT molecular complexity index is 487. The second-order valence-corrected chi connectivity index (χ2v) is 5.39. The summed E-state index contributed by atoms with van der Waals surface area (Å²) in [6.45, 7) is 3.20. The second kappa shape index (κ2) is 4.15. The highest BCUT2D eigenvalue weighted by molar-refractivity contribution is 7.17. The van der Waals surface area contributed by atoms with Gasteiger partial charge in [-0.3, -0.25) is 4.98 Å². The molecule has 2 aromatic rings. The Morgan fingerprint density at radius 1 is 1.56 bits per heavy atom. The zero-order valence-corrected chi connectivity index (χ0v) is 10.3. The molecule has 2 heterocycles. The molecule has 0 aliphatic heterocycles. The number of hydrogen-bond acceptors (Lipinski definition) is 3. The molecule has 0 aromatic carbocycles. The first kappa shape index (κ1) is 10.2. The molecule has 1 saturated carbocycles. The van der Waals surface area contributed by atoms with Crippen LogP contribution in [0.25, 0.3) is 10.2 Å². The maximum atomic E-state index is 4.52. The molecule has 1 fully saturated rings. The molecule has 1 N–H and O–H groups in total.